The highest BCUT2D eigenvalue weighted by Crippen LogP contribution is 2.18. The molecule has 2 rings (SSSR count). The van der Waals surface area contributed by atoms with Gasteiger partial charge in [-0.25, -0.2) is 0 Å². The normalized spacial score (nSPS) is 18.5. The van der Waals surface area contributed by atoms with Crippen LogP contribution in [0.3, 0.4) is 0 Å². The summed E-state index contributed by atoms with van der Waals surface area (Å²) in [4.78, 5) is 2.52. The zero-order valence-corrected chi connectivity index (χ0v) is 10.7. The maximum absolute atomic E-state index is 9.28. The van der Waals surface area contributed by atoms with Crippen LogP contribution in [0.1, 0.15) is 37.3 Å². The highest BCUT2D eigenvalue weighted by atomic mass is 16.3. The first-order valence-electron chi connectivity index (χ1n) is 6.73. The second-order valence-electron chi connectivity index (χ2n) is 5.14. The van der Waals surface area contributed by atoms with Crippen molar-refractivity contribution < 1.29 is 5.11 Å². The van der Waals surface area contributed by atoms with Crippen LogP contribution in [-0.2, 0) is 13.0 Å². The summed E-state index contributed by atoms with van der Waals surface area (Å²) in [7, 11) is 0. The van der Waals surface area contributed by atoms with Crippen molar-refractivity contribution in [2.24, 2.45) is 0 Å². The molecule has 17 heavy (non-hydrogen) atoms. The fourth-order valence-electron chi connectivity index (χ4n) is 2.57. The molecule has 1 aromatic carbocycles. The van der Waals surface area contributed by atoms with Crippen molar-refractivity contribution in [3.8, 4) is 0 Å². The summed E-state index contributed by atoms with van der Waals surface area (Å²) in [6.07, 6.45) is 4.32. The second kappa shape index (κ2) is 6.18. The molecule has 94 valence electrons. The van der Waals surface area contributed by atoms with Crippen LogP contribution in [0, 0.1) is 0 Å². The topological polar surface area (TPSA) is 23.5 Å². The SMILES string of the molecule is CC(O)CCCN1CCCc2ccccc2C1. The third-order valence-corrected chi connectivity index (χ3v) is 3.53. The van der Waals surface area contributed by atoms with Gasteiger partial charge in [0.25, 0.3) is 0 Å². The number of aryl methyl sites for hydroxylation is 1. The molecule has 0 spiro atoms. The Balaban J connectivity index is 1.89. The highest BCUT2D eigenvalue weighted by Gasteiger charge is 2.13. The van der Waals surface area contributed by atoms with Crippen molar-refractivity contribution in [2.75, 3.05) is 13.1 Å². The first-order chi connectivity index (χ1) is 8.25. The van der Waals surface area contributed by atoms with Gasteiger partial charge in [0.05, 0.1) is 6.10 Å². The van der Waals surface area contributed by atoms with Crippen molar-refractivity contribution >= 4 is 0 Å². The number of fused-ring (bicyclic) bond motifs is 1. The number of benzene rings is 1. The minimum Gasteiger partial charge on any atom is -0.393 e. The first-order valence-corrected chi connectivity index (χ1v) is 6.73. The van der Waals surface area contributed by atoms with Gasteiger partial charge in [-0.2, -0.15) is 0 Å². The van der Waals surface area contributed by atoms with E-state index in [1.165, 1.54) is 30.5 Å². The maximum Gasteiger partial charge on any atom is 0.0512 e. The van der Waals surface area contributed by atoms with Gasteiger partial charge in [-0.05, 0) is 56.8 Å². The Morgan fingerprint density at radius 3 is 2.82 bits per heavy atom. The highest BCUT2D eigenvalue weighted by molar-refractivity contribution is 5.27. The Hall–Kier alpha value is -0.860. The molecule has 1 atom stereocenters. The molecule has 1 aliphatic heterocycles. The molecule has 1 aromatic rings. The molecule has 1 unspecified atom stereocenters. The van der Waals surface area contributed by atoms with E-state index in [9.17, 15) is 5.11 Å². The fourth-order valence-corrected chi connectivity index (χ4v) is 2.57. The number of hydrogen-bond acceptors (Lipinski definition) is 2. The molecular formula is C15H23NO. The quantitative estimate of drug-likeness (QED) is 0.864. The van der Waals surface area contributed by atoms with Crippen LogP contribution in [-0.4, -0.2) is 29.2 Å². The third kappa shape index (κ3) is 3.83. The van der Waals surface area contributed by atoms with Gasteiger partial charge < -0.3 is 5.11 Å². The predicted molar refractivity (Wildman–Crippen MR) is 71.0 cm³/mol. The summed E-state index contributed by atoms with van der Waals surface area (Å²) in [5.41, 5.74) is 3.01. The van der Waals surface area contributed by atoms with Crippen molar-refractivity contribution in [1.29, 1.82) is 0 Å². The van der Waals surface area contributed by atoms with Gasteiger partial charge in [0.2, 0.25) is 0 Å². The van der Waals surface area contributed by atoms with Crippen molar-refractivity contribution in [3.63, 3.8) is 0 Å². The average Bonchev–Trinajstić information content (AvgIpc) is 2.50. The number of aliphatic hydroxyl groups excluding tert-OH is 1. The van der Waals surface area contributed by atoms with Gasteiger partial charge in [0.1, 0.15) is 0 Å². The molecule has 0 saturated carbocycles. The summed E-state index contributed by atoms with van der Waals surface area (Å²) in [6, 6.07) is 8.79. The molecule has 0 radical (unpaired) electrons. The number of rotatable bonds is 4. The molecule has 1 aliphatic rings. The third-order valence-electron chi connectivity index (χ3n) is 3.53. The summed E-state index contributed by atoms with van der Waals surface area (Å²) in [5.74, 6) is 0. The summed E-state index contributed by atoms with van der Waals surface area (Å²) < 4.78 is 0. The molecule has 0 saturated heterocycles. The summed E-state index contributed by atoms with van der Waals surface area (Å²) >= 11 is 0. The van der Waals surface area contributed by atoms with E-state index >= 15 is 0 Å². The van der Waals surface area contributed by atoms with Crippen molar-refractivity contribution in [3.05, 3.63) is 35.4 Å². The largest absolute Gasteiger partial charge is 0.393 e. The maximum atomic E-state index is 9.28. The number of hydrogen-bond donors (Lipinski definition) is 1. The Labute approximate surface area is 104 Å². The molecule has 0 aliphatic carbocycles. The predicted octanol–water partition coefficient (Wildman–Crippen LogP) is 2.60. The first kappa shape index (κ1) is 12.6. The van der Waals surface area contributed by atoms with Gasteiger partial charge in [0.15, 0.2) is 0 Å². The molecular weight excluding hydrogens is 210 g/mol. The van der Waals surface area contributed by atoms with Crippen LogP contribution >= 0.6 is 0 Å². The zero-order chi connectivity index (χ0) is 12.1. The molecule has 0 aromatic heterocycles. The van der Waals surface area contributed by atoms with Gasteiger partial charge in [-0.1, -0.05) is 24.3 Å². The van der Waals surface area contributed by atoms with E-state index in [1.54, 1.807) is 0 Å². The van der Waals surface area contributed by atoms with Gasteiger partial charge in [0, 0.05) is 6.54 Å². The zero-order valence-electron chi connectivity index (χ0n) is 10.7. The minimum absolute atomic E-state index is 0.158. The van der Waals surface area contributed by atoms with Gasteiger partial charge in [-0.3, -0.25) is 4.90 Å². The summed E-state index contributed by atoms with van der Waals surface area (Å²) in [5, 5.41) is 9.28. The lowest BCUT2D eigenvalue weighted by molar-refractivity contribution is 0.169. The lowest BCUT2D eigenvalue weighted by Gasteiger charge is -2.20. The van der Waals surface area contributed by atoms with E-state index < -0.39 is 0 Å². The average molecular weight is 233 g/mol. The van der Waals surface area contributed by atoms with Crippen LogP contribution in [0.15, 0.2) is 24.3 Å². The monoisotopic (exact) mass is 233 g/mol. The molecule has 2 nitrogen and oxygen atoms in total. The van der Waals surface area contributed by atoms with Gasteiger partial charge >= 0.3 is 0 Å². The molecule has 0 bridgehead atoms. The van der Waals surface area contributed by atoms with Gasteiger partial charge in [-0.15, -0.1) is 0 Å². The number of nitrogens with zero attached hydrogens (tertiary/aromatic N) is 1. The molecule has 1 heterocycles. The Kier molecular flexibility index (Phi) is 4.57. The van der Waals surface area contributed by atoms with Crippen LogP contribution < -0.4 is 0 Å². The van der Waals surface area contributed by atoms with Crippen molar-refractivity contribution in [2.45, 2.75) is 45.3 Å². The Morgan fingerprint density at radius 1 is 1.29 bits per heavy atom. The Morgan fingerprint density at radius 2 is 2.06 bits per heavy atom. The fraction of sp³-hybridized carbons (Fsp3) is 0.600. The van der Waals surface area contributed by atoms with E-state index in [4.69, 9.17) is 0 Å². The van der Waals surface area contributed by atoms with E-state index in [0.717, 1.165) is 25.9 Å². The molecule has 2 heteroatoms. The van der Waals surface area contributed by atoms with Crippen LogP contribution in [0.5, 0.6) is 0 Å². The Bertz CT molecular complexity index is 349. The standard InChI is InChI=1S/C15H23NO/c1-13(17)6-4-10-16-11-5-9-14-7-2-3-8-15(14)12-16/h2-3,7-8,13,17H,4-6,9-12H2,1H3. The van der Waals surface area contributed by atoms with E-state index in [2.05, 4.69) is 29.2 Å². The van der Waals surface area contributed by atoms with Crippen molar-refractivity contribution in [1.82, 2.24) is 4.90 Å². The second-order valence-corrected chi connectivity index (χ2v) is 5.14. The van der Waals surface area contributed by atoms with E-state index in [-0.39, 0.29) is 6.10 Å². The van der Waals surface area contributed by atoms with Crippen LogP contribution in [0.25, 0.3) is 0 Å². The summed E-state index contributed by atoms with van der Waals surface area (Å²) in [6.45, 7) is 5.25. The minimum atomic E-state index is -0.158. The smallest absolute Gasteiger partial charge is 0.0512 e. The molecule has 0 amide bonds. The van der Waals surface area contributed by atoms with Crippen LogP contribution in [0.2, 0.25) is 0 Å². The van der Waals surface area contributed by atoms with E-state index in [1.807, 2.05) is 6.92 Å². The number of aliphatic hydroxyl groups is 1. The lowest BCUT2D eigenvalue weighted by atomic mass is 10.0. The van der Waals surface area contributed by atoms with Crippen LogP contribution in [0.4, 0.5) is 0 Å². The molecule has 1 N–H and O–H groups in total. The lowest BCUT2D eigenvalue weighted by Crippen LogP contribution is -2.25. The van der Waals surface area contributed by atoms with E-state index in [0.29, 0.717) is 0 Å². The molecule has 0 fully saturated rings.